The smallest absolute Gasteiger partial charge is 0.137 e. The lowest BCUT2D eigenvalue weighted by Gasteiger charge is -2.40. The predicted molar refractivity (Wildman–Crippen MR) is 203 cm³/mol. The first-order valence-corrected chi connectivity index (χ1v) is 17.1. The summed E-state index contributed by atoms with van der Waals surface area (Å²) in [5, 5.41) is 4.59. The number of benzene rings is 8. The third-order valence-corrected chi connectivity index (χ3v) is 10.7. The van der Waals surface area contributed by atoms with Gasteiger partial charge in [-0.1, -0.05) is 121 Å². The molecule has 2 aliphatic rings. The quantitative estimate of drug-likeness (QED) is 0.192. The van der Waals surface area contributed by atoms with Gasteiger partial charge in [0.2, 0.25) is 0 Å². The van der Waals surface area contributed by atoms with Crippen LogP contribution in [-0.2, 0) is 5.41 Å². The van der Waals surface area contributed by atoms with Crippen molar-refractivity contribution in [2.75, 3.05) is 4.90 Å². The molecule has 0 saturated carbocycles. The molecule has 3 heteroatoms. The van der Waals surface area contributed by atoms with Gasteiger partial charge < -0.3 is 14.1 Å². The van der Waals surface area contributed by atoms with Gasteiger partial charge in [-0.3, -0.25) is 0 Å². The van der Waals surface area contributed by atoms with E-state index in [0.29, 0.717) is 0 Å². The molecule has 0 saturated heterocycles. The molecule has 1 atom stereocenters. The molecular formula is C47H29NO2. The van der Waals surface area contributed by atoms with Crippen molar-refractivity contribution in [3.05, 3.63) is 198 Å². The normalized spacial score (nSPS) is 15.4. The fourth-order valence-electron chi connectivity index (χ4n) is 8.75. The largest absolute Gasteiger partial charge is 0.457 e. The van der Waals surface area contributed by atoms with Crippen molar-refractivity contribution in [2.45, 2.75) is 5.41 Å². The summed E-state index contributed by atoms with van der Waals surface area (Å²) in [5.74, 6) is 1.78. The minimum absolute atomic E-state index is 0.607. The molecule has 0 N–H and O–H groups in total. The van der Waals surface area contributed by atoms with Crippen LogP contribution in [0.15, 0.2) is 180 Å². The van der Waals surface area contributed by atoms with Crippen molar-refractivity contribution >= 4 is 49.8 Å². The lowest BCUT2D eigenvalue weighted by Crippen LogP contribution is -2.32. The summed E-state index contributed by atoms with van der Waals surface area (Å²) in [5.41, 5.74) is 11.7. The number of fused-ring (bicyclic) bond motifs is 14. The van der Waals surface area contributed by atoms with Crippen LogP contribution in [-0.4, -0.2) is 0 Å². The number of anilines is 3. The van der Waals surface area contributed by atoms with Crippen LogP contribution in [0.2, 0.25) is 0 Å². The summed E-state index contributed by atoms with van der Waals surface area (Å²) < 4.78 is 13.2. The summed E-state index contributed by atoms with van der Waals surface area (Å²) in [6.45, 7) is 0. The van der Waals surface area contributed by atoms with Crippen molar-refractivity contribution in [3.63, 3.8) is 0 Å². The topological polar surface area (TPSA) is 25.6 Å². The van der Waals surface area contributed by atoms with Crippen LogP contribution in [0.4, 0.5) is 17.1 Å². The highest BCUT2D eigenvalue weighted by Gasteiger charge is 2.52. The molecule has 0 bridgehead atoms. The number of furan rings is 1. The van der Waals surface area contributed by atoms with Gasteiger partial charge >= 0.3 is 0 Å². The van der Waals surface area contributed by atoms with Gasteiger partial charge in [0.05, 0.1) is 16.5 Å². The Hall–Kier alpha value is -6.58. The molecular weight excluding hydrogens is 611 g/mol. The Labute approximate surface area is 289 Å². The molecule has 1 aliphatic heterocycles. The standard InChI is InChI=1S/C47H29NO2/c1-2-14-31(15-3-1)48(40-21-12-24-43-45(40)36-18-7-10-22-41(36)49-43)32-26-27-35-34-17-6-8-19-37(34)47(39(35)29-32)38-20-9-11-23-42(38)50-44-28-25-30-13-4-5-16-33(30)46(44)47/h1-29H. The van der Waals surface area contributed by atoms with Crippen LogP contribution in [0.1, 0.15) is 22.3 Å². The molecule has 2 heterocycles. The maximum atomic E-state index is 6.78. The molecule has 11 rings (SSSR count). The third kappa shape index (κ3) is 3.58. The van der Waals surface area contributed by atoms with E-state index in [0.717, 1.165) is 56.1 Å². The van der Waals surface area contributed by atoms with Crippen LogP contribution in [0.25, 0.3) is 43.8 Å². The van der Waals surface area contributed by atoms with E-state index in [1.54, 1.807) is 0 Å². The molecule has 0 radical (unpaired) electrons. The average Bonchev–Trinajstić information content (AvgIpc) is 3.70. The minimum atomic E-state index is -0.607. The Morgan fingerprint density at radius 2 is 1.16 bits per heavy atom. The number of rotatable bonds is 3. The van der Waals surface area contributed by atoms with Crippen molar-refractivity contribution in [1.29, 1.82) is 0 Å². The Balaban J connectivity index is 1.27. The van der Waals surface area contributed by atoms with E-state index < -0.39 is 5.41 Å². The summed E-state index contributed by atoms with van der Waals surface area (Å²) in [6.07, 6.45) is 0. The van der Waals surface area contributed by atoms with Crippen LogP contribution in [0, 0.1) is 0 Å². The summed E-state index contributed by atoms with van der Waals surface area (Å²) in [4.78, 5) is 2.39. The molecule has 3 nitrogen and oxygen atoms in total. The molecule has 50 heavy (non-hydrogen) atoms. The highest BCUT2D eigenvalue weighted by Crippen LogP contribution is 2.64. The van der Waals surface area contributed by atoms with E-state index in [1.807, 2.05) is 12.1 Å². The van der Waals surface area contributed by atoms with Gasteiger partial charge in [-0.05, 0) is 87.6 Å². The molecule has 1 unspecified atom stereocenters. The van der Waals surface area contributed by atoms with Crippen LogP contribution < -0.4 is 9.64 Å². The van der Waals surface area contributed by atoms with Gasteiger partial charge in [0.25, 0.3) is 0 Å². The summed E-state index contributed by atoms with van der Waals surface area (Å²) in [6, 6.07) is 62.9. The average molecular weight is 640 g/mol. The van der Waals surface area contributed by atoms with Crippen LogP contribution in [0.3, 0.4) is 0 Å². The second-order valence-electron chi connectivity index (χ2n) is 13.2. The maximum absolute atomic E-state index is 6.78. The predicted octanol–water partition coefficient (Wildman–Crippen LogP) is 12.7. The van der Waals surface area contributed by atoms with Crippen LogP contribution in [0.5, 0.6) is 11.5 Å². The second-order valence-corrected chi connectivity index (χ2v) is 13.2. The van der Waals surface area contributed by atoms with E-state index in [9.17, 15) is 0 Å². The van der Waals surface area contributed by atoms with Gasteiger partial charge in [-0.25, -0.2) is 0 Å². The minimum Gasteiger partial charge on any atom is -0.457 e. The fraction of sp³-hybridized carbons (Fsp3) is 0.0213. The Bertz CT molecular complexity index is 2810. The zero-order valence-corrected chi connectivity index (χ0v) is 27.0. The van der Waals surface area contributed by atoms with Crippen LogP contribution >= 0.6 is 0 Å². The van der Waals surface area contributed by atoms with Gasteiger partial charge in [-0.2, -0.15) is 0 Å². The molecule has 9 aromatic rings. The SMILES string of the molecule is c1ccc(N(c2ccc3c(c2)C2(c4ccccc4Oc4ccc5ccccc5c42)c2ccccc2-3)c2cccc3oc4ccccc4c23)cc1. The molecule has 1 aliphatic carbocycles. The van der Waals surface area contributed by atoms with E-state index in [2.05, 4.69) is 169 Å². The molecule has 1 aromatic heterocycles. The summed E-state index contributed by atoms with van der Waals surface area (Å²) in [7, 11) is 0. The monoisotopic (exact) mass is 639 g/mol. The van der Waals surface area contributed by atoms with Gasteiger partial charge in [0.1, 0.15) is 22.7 Å². The lowest BCUT2D eigenvalue weighted by molar-refractivity contribution is 0.438. The van der Waals surface area contributed by atoms with Crippen molar-refractivity contribution in [3.8, 4) is 22.6 Å². The number of nitrogens with zero attached hydrogens (tertiary/aromatic N) is 1. The molecule has 0 amide bonds. The number of hydrogen-bond donors (Lipinski definition) is 0. The molecule has 234 valence electrons. The Kier molecular flexibility index (Phi) is 5.59. The van der Waals surface area contributed by atoms with E-state index in [1.165, 1.54) is 38.6 Å². The van der Waals surface area contributed by atoms with Gasteiger partial charge in [0, 0.05) is 27.9 Å². The molecule has 0 fully saturated rings. The van der Waals surface area contributed by atoms with E-state index >= 15 is 0 Å². The fourth-order valence-corrected chi connectivity index (χ4v) is 8.75. The van der Waals surface area contributed by atoms with Gasteiger partial charge in [0.15, 0.2) is 0 Å². The maximum Gasteiger partial charge on any atom is 0.137 e. The first kappa shape index (κ1) is 27.4. The second kappa shape index (κ2) is 10.2. The van der Waals surface area contributed by atoms with E-state index in [-0.39, 0.29) is 0 Å². The number of ether oxygens (including phenoxy) is 1. The van der Waals surface area contributed by atoms with Crippen molar-refractivity contribution in [2.24, 2.45) is 0 Å². The highest BCUT2D eigenvalue weighted by molar-refractivity contribution is 6.13. The number of para-hydroxylation sites is 3. The zero-order chi connectivity index (χ0) is 32.8. The first-order chi connectivity index (χ1) is 24.8. The zero-order valence-electron chi connectivity index (χ0n) is 27.0. The molecule has 1 spiro atoms. The van der Waals surface area contributed by atoms with Crippen molar-refractivity contribution in [1.82, 2.24) is 0 Å². The van der Waals surface area contributed by atoms with Gasteiger partial charge in [-0.15, -0.1) is 0 Å². The Morgan fingerprint density at radius 3 is 2.08 bits per heavy atom. The summed E-state index contributed by atoms with van der Waals surface area (Å²) >= 11 is 0. The highest BCUT2D eigenvalue weighted by atomic mass is 16.5. The van der Waals surface area contributed by atoms with E-state index in [4.69, 9.17) is 9.15 Å². The third-order valence-electron chi connectivity index (χ3n) is 10.7. The molecule has 8 aromatic carbocycles. The van der Waals surface area contributed by atoms with Crippen molar-refractivity contribution < 1.29 is 9.15 Å². The Morgan fingerprint density at radius 1 is 0.440 bits per heavy atom. The lowest BCUT2D eigenvalue weighted by atomic mass is 9.65. The first-order valence-electron chi connectivity index (χ1n) is 17.1. The number of hydrogen-bond acceptors (Lipinski definition) is 3.